The highest BCUT2D eigenvalue weighted by Crippen LogP contribution is 2.27. The van der Waals surface area contributed by atoms with E-state index in [0.29, 0.717) is 12.7 Å². The topological polar surface area (TPSA) is 30.5 Å². The van der Waals surface area contributed by atoms with E-state index in [4.69, 9.17) is 9.47 Å². The van der Waals surface area contributed by atoms with Gasteiger partial charge in [-0.2, -0.15) is 0 Å². The summed E-state index contributed by atoms with van der Waals surface area (Å²) in [5.41, 5.74) is 1.25. The molecule has 1 unspecified atom stereocenters. The standard InChI is InChI=1S/C15H23NO2/c1-3-10-17-11-15(16-2)12-4-6-13(7-5-12)18-14-8-9-14/h4-7,14-16H,3,8-11H2,1-2H3. The molecule has 1 aliphatic carbocycles. The molecule has 0 aromatic heterocycles. The Hall–Kier alpha value is -1.06. The fourth-order valence-corrected chi connectivity index (χ4v) is 1.85. The minimum absolute atomic E-state index is 0.256. The molecule has 100 valence electrons. The normalized spacial score (nSPS) is 16.6. The van der Waals surface area contributed by atoms with E-state index in [2.05, 4.69) is 36.5 Å². The minimum atomic E-state index is 0.256. The third-order valence-electron chi connectivity index (χ3n) is 3.09. The molecule has 0 saturated heterocycles. The second-order valence-corrected chi connectivity index (χ2v) is 4.80. The molecule has 0 amide bonds. The summed E-state index contributed by atoms with van der Waals surface area (Å²) in [5, 5.41) is 3.28. The summed E-state index contributed by atoms with van der Waals surface area (Å²) in [6, 6.07) is 8.60. The Kier molecular flexibility index (Phi) is 5.02. The number of nitrogens with one attached hydrogen (secondary N) is 1. The van der Waals surface area contributed by atoms with Crippen molar-refractivity contribution in [2.45, 2.75) is 38.3 Å². The summed E-state index contributed by atoms with van der Waals surface area (Å²) >= 11 is 0. The van der Waals surface area contributed by atoms with E-state index < -0.39 is 0 Å². The zero-order valence-electron chi connectivity index (χ0n) is 11.3. The maximum Gasteiger partial charge on any atom is 0.119 e. The molecular formula is C15H23NO2. The molecule has 0 heterocycles. The zero-order valence-corrected chi connectivity index (χ0v) is 11.3. The number of benzene rings is 1. The van der Waals surface area contributed by atoms with E-state index in [-0.39, 0.29) is 6.04 Å². The zero-order chi connectivity index (χ0) is 12.8. The van der Waals surface area contributed by atoms with Crippen LogP contribution in [0.5, 0.6) is 5.75 Å². The van der Waals surface area contributed by atoms with Crippen molar-refractivity contribution in [3.8, 4) is 5.75 Å². The van der Waals surface area contributed by atoms with Crippen molar-refractivity contribution in [1.82, 2.24) is 5.32 Å². The molecule has 0 spiro atoms. The molecule has 3 heteroatoms. The molecule has 1 atom stereocenters. The van der Waals surface area contributed by atoms with Gasteiger partial charge in [0, 0.05) is 6.61 Å². The second-order valence-electron chi connectivity index (χ2n) is 4.80. The van der Waals surface area contributed by atoms with Gasteiger partial charge in [0.15, 0.2) is 0 Å². The largest absolute Gasteiger partial charge is 0.490 e. The maximum atomic E-state index is 5.74. The fraction of sp³-hybridized carbons (Fsp3) is 0.600. The number of rotatable bonds is 8. The summed E-state index contributed by atoms with van der Waals surface area (Å²) < 4.78 is 11.3. The summed E-state index contributed by atoms with van der Waals surface area (Å²) in [5.74, 6) is 0.977. The molecule has 1 N–H and O–H groups in total. The summed E-state index contributed by atoms with van der Waals surface area (Å²) in [6.07, 6.45) is 3.92. The van der Waals surface area contributed by atoms with Crippen molar-refractivity contribution in [3.63, 3.8) is 0 Å². The van der Waals surface area contributed by atoms with E-state index >= 15 is 0 Å². The maximum absolute atomic E-state index is 5.74. The Balaban J connectivity index is 1.88. The van der Waals surface area contributed by atoms with Gasteiger partial charge in [0.2, 0.25) is 0 Å². The molecular weight excluding hydrogens is 226 g/mol. The van der Waals surface area contributed by atoms with Gasteiger partial charge in [0.05, 0.1) is 18.8 Å². The molecule has 1 aromatic carbocycles. The van der Waals surface area contributed by atoms with Crippen LogP contribution in [-0.2, 0) is 4.74 Å². The van der Waals surface area contributed by atoms with Crippen LogP contribution in [0.1, 0.15) is 37.8 Å². The third-order valence-corrected chi connectivity index (χ3v) is 3.09. The summed E-state index contributed by atoms with van der Waals surface area (Å²) in [7, 11) is 1.97. The molecule has 3 nitrogen and oxygen atoms in total. The molecule has 0 bridgehead atoms. The number of likely N-dealkylation sites (N-methyl/N-ethyl adjacent to an activating group) is 1. The van der Waals surface area contributed by atoms with Crippen molar-refractivity contribution >= 4 is 0 Å². The van der Waals surface area contributed by atoms with Gasteiger partial charge in [0.25, 0.3) is 0 Å². The first-order valence-electron chi connectivity index (χ1n) is 6.85. The van der Waals surface area contributed by atoms with Crippen molar-refractivity contribution in [2.24, 2.45) is 0 Å². The molecule has 1 aromatic rings. The van der Waals surface area contributed by atoms with Crippen molar-refractivity contribution in [1.29, 1.82) is 0 Å². The molecule has 0 aliphatic heterocycles. The number of hydrogen-bond acceptors (Lipinski definition) is 3. The molecule has 1 aliphatic rings. The van der Waals surface area contributed by atoms with Crippen LogP contribution in [0.4, 0.5) is 0 Å². The van der Waals surface area contributed by atoms with Crippen LogP contribution in [0.3, 0.4) is 0 Å². The van der Waals surface area contributed by atoms with E-state index in [1.807, 2.05) is 7.05 Å². The van der Waals surface area contributed by atoms with Gasteiger partial charge < -0.3 is 14.8 Å². The van der Waals surface area contributed by atoms with E-state index in [1.165, 1.54) is 18.4 Å². The summed E-state index contributed by atoms with van der Waals surface area (Å²) in [6.45, 7) is 3.66. The quantitative estimate of drug-likeness (QED) is 0.719. The van der Waals surface area contributed by atoms with Gasteiger partial charge in [-0.15, -0.1) is 0 Å². The van der Waals surface area contributed by atoms with Crippen molar-refractivity contribution in [2.75, 3.05) is 20.3 Å². The first kappa shape index (κ1) is 13.4. The third kappa shape index (κ3) is 4.00. The van der Waals surface area contributed by atoms with Crippen molar-refractivity contribution in [3.05, 3.63) is 29.8 Å². The Morgan fingerprint density at radius 2 is 2.00 bits per heavy atom. The molecule has 18 heavy (non-hydrogen) atoms. The van der Waals surface area contributed by atoms with Gasteiger partial charge >= 0.3 is 0 Å². The molecule has 0 radical (unpaired) electrons. The first-order chi connectivity index (χ1) is 8.83. The molecule has 1 saturated carbocycles. The Labute approximate surface area is 109 Å². The highest BCUT2D eigenvalue weighted by molar-refractivity contribution is 5.29. The fourth-order valence-electron chi connectivity index (χ4n) is 1.85. The van der Waals surface area contributed by atoms with Crippen LogP contribution >= 0.6 is 0 Å². The predicted molar refractivity (Wildman–Crippen MR) is 73.0 cm³/mol. The van der Waals surface area contributed by atoms with Gasteiger partial charge in [-0.1, -0.05) is 19.1 Å². The highest BCUT2D eigenvalue weighted by Gasteiger charge is 2.23. The SMILES string of the molecule is CCCOCC(NC)c1ccc(OC2CC2)cc1. The Morgan fingerprint density at radius 3 is 2.56 bits per heavy atom. The van der Waals surface area contributed by atoms with Gasteiger partial charge in [-0.05, 0) is 44.0 Å². The Morgan fingerprint density at radius 1 is 1.28 bits per heavy atom. The lowest BCUT2D eigenvalue weighted by atomic mass is 10.1. The first-order valence-corrected chi connectivity index (χ1v) is 6.85. The highest BCUT2D eigenvalue weighted by atomic mass is 16.5. The number of hydrogen-bond donors (Lipinski definition) is 1. The lowest BCUT2D eigenvalue weighted by Gasteiger charge is -2.17. The van der Waals surface area contributed by atoms with E-state index in [1.54, 1.807) is 0 Å². The van der Waals surface area contributed by atoms with E-state index in [0.717, 1.165) is 18.8 Å². The predicted octanol–water partition coefficient (Wildman–Crippen LogP) is 2.91. The van der Waals surface area contributed by atoms with Gasteiger partial charge in [-0.25, -0.2) is 0 Å². The van der Waals surface area contributed by atoms with Crippen LogP contribution < -0.4 is 10.1 Å². The summed E-state index contributed by atoms with van der Waals surface area (Å²) in [4.78, 5) is 0. The lowest BCUT2D eigenvalue weighted by molar-refractivity contribution is 0.114. The van der Waals surface area contributed by atoms with Gasteiger partial charge in [-0.3, -0.25) is 0 Å². The monoisotopic (exact) mass is 249 g/mol. The minimum Gasteiger partial charge on any atom is -0.490 e. The average Bonchev–Trinajstić information content (AvgIpc) is 3.20. The van der Waals surface area contributed by atoms with Crippen LogP contribution in [0.15, 0.2) is 24.3 Å². The van der Waals surface area contributed by atoms with Crippen LogP contribution in [0.25, 0.3) is 0 Å². The molecule has 1 fully saturated rings. The van der Waals surface area contributed by atoms with Crippen LogP contribution in [0, 0.1) is 0 Å². The van der Waals surface area contributed by atoms with E-state index in [9.17, 15) is 0 Å². The average molecular weight is 249 g/mol. The molecule has 2 rings (SSSR count). The van der Waals surface area contributed by atoms with Gasteiger partial charge in [0.1, 0.15) is 5.75 Å². The van der Waals surface area contributed by atoms with Crippen LogP contribution in [-0.4, -0.2) is 26.4 Å². The number of ether oxygens (including phenoxy) is 2. The second kappa shape index (κ2) is 6.76. The Bertz CT molecular complexity index is 346. The lowest BCUT2D eigenvalue weighted by Crippen LogP contribution is -2.22. The van der Waals surface area contributed by atoms with Crippen molar-refractivity contribution < 1.29 is 9.47 Å². The van der Waals surface area contributed by atoms with Crippen LogP contribution in [0.2, 0.25) is 0 Å². The smallest absolute Gasteiger partial charge is 0.119 e.